The molecule has 2 aliphatic rings. The summed E-state index contributed by atoms with van der Waals surface area (Å²) < 4.78 is 0. The highest BCUT2D eigenvalue weighted by molar-refractivity contribution is 5.50. The average Bonchev–Trinajstić information content (AvgIpc) is 2.66. The Hall–Kier alpha value is -1.02. The van der Waals surface area contributed by atoms with E-state index < -0.39 is 0 Å². The zero-order valence-electron chi connectivity index (χ0n) is 8.48. The van der Waals surface area contributed by atoms with Crippen LogP contribution in [0.5, 0.6) is 0 Å². The lowest BCUT2D eigenvalue weighted by Crippen LogP contribution is -2.27. The fourth-order valence-corrected chi connectivity index (χ4v) is 2.54. The van der Waals surface area contributed by atoms with E-state index in [1.165, 1.54) is 11.3 Å². The highest BCUT2D eigenvalue weighted by Gasteiger charge is 2.53. The van der Waals surface area contributed by atoms with Gasteiger partial charge in [0.15, 0.2) is 0 Å². The molecule has 3 rings (SSSR count). The molecule has 1 aromatic rings. The van der Waals surface area contributed by atoms with Crippen molar-refractivity contribution in [2.24, 2.45) is 17.6 Å². The van der Waals surface area contributed by atoms with Crippen molar-refractivity contribution in [2.75, 3.05) is 18.0 Å². The fraction of sp³-hybridized carbons (Fsp3) is 0.500. The van der Waals surface area contributed by atoms with Gasteiger partial charge < -0.3 is 10.6 Å². The number of aryl methyl sites for hydroxylation is 1. The monoisotopic (exact) mass is 188 g/mol. The smallest absolute Gasteiger partial charge is 0.0366 e. The summed E-state index contributed by atoms with van der Waals surface area (Å²) in [6.45, 7) is 4.45. The third-order valence-corrected chi connectivity index (χ3v) is 3.66. The molecule has 1 aromatic carbocycles. The molecule has 2 fully saturated rings. The standard InChI is InChI=1S/C12H16N2/c1-8-2-4-9(5-3-8)14-6-10-11(7-14)12(10)13/h2-5,10-12H,6-7,13H2,1H3. The van der Waals surface area contributed by atoms with E-state index in [-0.39, 0.29) is 0 Å². The van der Waals surface area contributed by atoms with Crippen molar-refractivity contribution >= 4 is 5.69 Å². The van der Waals surface area contributed by atoms with Crippen LogP contribution < -0.4 is 10.6 Å². The maximum Gasteiger partial charge on any atom is 0.0366 e. The van der Waals surface area contributed by atoms with Crippen molar-refractivity contribution in [1.29, 1.82) is 0 Å². The van der Waals surface area contributed by atoms with Gasteiger partial charge in [0.05, 0.1) is 0 Å². The molecule has 1 saturated carbocycles. The Morgan fingerprint density at radius 2 is 1.71 bits per heavy atom. The van der Waals surface area contributed by atoms with Gasteiger partial charge in [-0.1, -0.05) is 17.7 Å². The Bertz CT molecular complexity index is 332. The van der Waals surface area contributed by atoms with Crippen LogP contribution in [0.4, 0.5) is 5.69 Å². The minimum Gasteiger partial charge on any atom is -0.371 e. The van der Waals surface area contributed by atoms with Gasteiger partial charge in [0.25, 0.3) is 0 Å². The van der Waals surface area contributed by atoms with Crippen LogP contribution in [-0.4, -0.2) is 19.1 Å². The van der Waals surface area contributed by atoms with Crippen molar-refractivity contribution in [3.63, 3.8) is 0 Å². The number of hydrogen-bond acceptors (Lipinski definition) is 2. The number of piperidine rings is 1. The Labute approximate surface area is 84.7 Å². The summed E-state index contributed by atoms with van der Waals surface area (Å²) in [6.07, 6.45) is 0. The van der Waals surface area contributed by atoms with Gasteiger partial charge in [0.1, 0.15) is 0 Å². The number of fused-ring (bicyclic) bond motifs is 1. The Kier molecular flexibility index (Phi) is 1.62. The number of hydrogen-bond donors (Lipinski definition) is 1. The Morgan fingerprint density at radius 3 is 2.29 bits per heavy atom. The van der Waals surface area contributed by atoms with E-state index in [0.717, 1.165) is 24.9 Å². The first kappa shape index (κ1) is 8.30. The Balaban J connectivity index is 1.76. The third kappa shape index (κ3) is 1.14. The number of rotatable bonds is 1. The van der Waals surface area contributed by atoms with Crippen molar-refractivity contribution < 1.29 is 0 Å². The van der Waals surface area contributed by atoms with Crippen LogP contribution in [0, 0.1) is 18.8 Å². The van der Waals surface area contributed by atoms with Crippen molar-refractivity contribution in [3.8, 4) is 0 Å². The lowest BCUT2D eigenvalue weighted by atomic mass is 10.2. The first-order chi connectivity index (χ1) is 6.75. The topological polar surface area (TPSA) is 29.3 Å². The van der Waals surface area contributed by atoms with E-state index in [1.54, 1.807) is 0 Å². The maximum atomic E-state index is 5.91. The fourth-order valence-electron chi connectivity index (χ4n) is 2.54. The average molecular weight is 188 g/mol. The van der Waals surface area contributed by atoms with Gasteiger partial charge in [-0.05, 0) is 30.9 Å². The van der Waals surface area contributed by atoms with Gasteiger partial charge in [0.2, 0.25) is 0 Å². The van der Waals surface area contributed by atoms with Gasteiger partial charge in [-0.2, -0.15) is 0 Å². The first-order valence-corrected chi connectivity index (χ1v) is 5.33. The van der Waals surface area contributed by atoms with Crippen molar-refractivity contribution in [2.45, 2.75) is 13.0 Å². The molecule has 2 unspecified atom stereocenters. The van der Waals surface area contributed by atoms with E-state index in [4.69, 9.17) is 5.73 Å². The molecule has 1 saturated heterocycles. The number of anilines is 1. The van der Waals surface area contributed by atoms with Gasteiger partial charge in [0, 0.05) is 24.8 Å². The minimum absolute atomic E-state index is 0.497. The molecular weight excluding hydrogens is 172 g/mol. The zero-order valence-corrected chi connectivity index (χ0v) is 8.48. The van der Waals surface area contributed by atoms with Gasteiger partial charge in [-0.25, -0.2) is 0 Å². The van der Waals surface area contributed by atoms with Crippen LogP contribution in [0.25, 0.3) is 0 Å². The lowest BCUT2D eigenvalue weighted by molar-refractivity contribution is 0.743. The summed E-state index contributed by atoms with van der Waals surface area (Å²) in [4.78, 5) is 2.46. The van der Waals surface area contributed by atoms with Crippen LogP contribution in [0.15, 0.2) is 24.3 Å². The first-order valence-electron chi connectivity index (χ1n) is 5.33. The Morgan fingerprint density at radius 1 is 1.14 bits per heavy atom. The summed E-state index contributed by atoms with van der Waals surface area (Å²) >= 11 is 0. The summed E-state index contributed by atoms with van der Waals surface area (Å²) in [5.74, 6) is 1.55. The molecule has 2 N–H and O–H groups in total. The molecule has 0 spiro atoms. The predicted octanol–water partition coefficient (Wildman–Crippen LogP) is 1.39. The second-order valence-electron chi connectivity index (χ2n) is 4.65. The van der Waals surface area contributed by atoms with E-state index >= 15 is 0 Å². The number of benzene rings is 1. The molecule has 0 bridgehead atoms. The SMILES string of the molecule is Cc1ccc(N2CC3C(N)C3C2)cc1. The van der Waals surface area contributed by atoms with E-state index in [0.29, 0.717) is 6.04 Å². The molecule has 1 heterocycles. The molecule has 0 amide bonds. The molecule has 14 heavy (non-hydrogen) atoms. The van der Waals surface area contributed by atoms with Crippen LogP contribution in [0.1, 0.15) is 5.56 Å². The zero-order chi connectivity index (χ0) is 9.71. The molecule has 2 heteroatoms. The van der Waals surface area contributed by atoms with Crippen LogP contribution in [-0.2, 0) is 0 Å². The largest absolute Gasteiger partial charge is 0.371 e. The highest BCUT2D eigenvalue weighted by atomic mass is 15.2. The highest BCUT2D eigenvalue weighted by Crippen LogP contribution is 2.45. The van der Waals surface area contributed by atoms with Gasteiger partial charge in [-0.3, -0.25) is 0 Å². The lowest BCUT2D eigenvalue weighted by Gasteiger charge is -2.21. The van der Waals surface area contributed by atoms with E-state index in [9.17, 15) is 0 Å². The summed E-state index contributed by atoms with van der Waals surface area (Å²) in [5, 5.41) is 0. The van der Waals surface area contributed by atoms with Crippen LogP contribution in [0.2, 0.25) is 0 Å². The number of nitrogens with two attached hydrogens (primary N) is 1. The molecule has 2 nitrogen and oxygen atoms in total. The van der Waals surface area contributed by atoms with Crippen LogP contribution in [0.3, 0.4) is 0 Å². The van der Waals surface area contributed by atoms with Crippen molar-refractivity contribution in [3.05, 3.63) is 29.8 Å². The van der Waals surface area contributed by atoms with Crippen molar-refractivity contribution in [1.82, 2.24) is 0 Å². The van der Waals surface area contributed by atoms with Crippen LogP contribution >= 0.6 is 0 Å². The molecule has 74 valence electrons. The van der Waals surface area contributed by atoms with Gasteiger partial charge >= 0.3 is 0 Å². The molecule has 1 aliphatic heterocycles. The summed E-state index contributed by atoms with van der Waals surface area (Å²) in [6, 6.07) is 9.28. The molecule has 2 atom stereocenters. The summed E-state index contributed by atoms with van der Waals surface area (Å²) in [5.41, 5.74) is 8.59. The second-order valence-corrected chi connectivity index (χ2v) is 4.65. The second kappa shape index (κ2) is 2.74. The third-order valence-electron chi connectivity index (χ3n) is 3.66. The molecular formula is C12H16N2. The van der Waals surface area contributed by atoms with Gasteiger partial charge in [-0.15, -0.1) is 0 Å². The minimum atomic E-state index is 0.497. The molecule has 0 radical (unpaired) electrons. The quantitative estimate of drug-likeness (QED) is 0.721. The van der Waals surface area contributed by atoms with E-state index in [1.807, 2.05) is 0 Å². The molecule has 0 aromatic heterocycles. The maximum absolute atomic E-state index is 5.91. The van der Waals surface area contributed by atoms with E-state index in [2.05, 4.69) is 36.1 Å². The normalized spacial score (nSPS) is 34.4. The number of nitrogens with zero attached hydrogens (tertiary/aromatic N) is 1. The predicted molar refractivity (Wildman–Crippen MR) is 58.3 cm³/mol. The summed E-state index contributed by atoms with van der Waals surface area (Å²) in [7, 11) is 0. The molecule has 1 aliphatic carbocycles.